The number of amides is 1. The molecule has 0 fully saturated rings. The lowest BCUT2D eigenvalue weighted by Gasteiger charge is -2.08. The molecule has 1 aromatic heterocycles. The van der Waals surface area contributed by atoms with Crippen LogP contribution in [0.1, 0.15) is 20.2 Å². The van der Waals surface area contributed by atoms with E-state index in [1.165, 1.54) is 0 Å². The molecular formula is C19H13F2N3O3S. The number of halogens is 2. The lowest BCUT2D eigenvalue weighted by Crippen LogP contribution is -2.16. The van der Waals surface area contributed by atoms with Crippen LogP contribution in [0.2, 0.25) is 0 Å². The number of ether oxygens (including phenoxy) is 2. The van der Waals surface area contributed by atoms with Crippen molar-refractivity contribution < 1.29 is 23.0 Å². The van der Waals surface area contributed by atoms with Gasteiger partial charge in [0.25, 0.3) is 5.91 Å². The van der Waals surface area contributed by atoms with E-state index in [0.717, 1.165) is 23.5 Å². The van der Waals surface area contributed by atoms with E-state index in [4.69, 9.17) is 15.2 Å². The average molecular weight is 401 g/mol. The predicted octanol–water partition coefficient (Wildman–Crippen LogP) is 3.65. The summed E-state index contributed by atoms with van der Waals surface area (Å²) in [5.41, 5.74) is 5.30. The SMILES string of the molecule is COc1ccc(-c2nc(COc3ccc(F)c(C(N)=O)c3F)sc2C#N)cc1. The van der Waals surface area contributed by atoms with Crippen molar-refractivity contribution in [3.05, 3.63) is 63.5 Å². The van der Waals surface area contributed by atoms with E-state index in [2.05, 4.69) is 11.1 Å². The summed E-state index contributed by atoms with van der Waals surface area (Å²) < 4.78 is 38.2. The lowest BCUT2D eigenvalue weighted by molar-refractivity contribution is 0.0991. The Morgan fingerprint density at radius 3 is 2.57 bits per heavy atom. The average Bonchev–Trinajstić information content (AvgIpc) is 3.10. The quantitative estimate of drug-likeness (QED) is 0.680. The van der Waals surface area contributed by atoms with E-state index in [0.29, 0.717) is 26.9 Å². The second-order valence-electron chi connectivity index (χ2n) is 5.51. The molecule has 3 rings (SSSR count). The molecule has 3 aromatic rings. The molecule has 1 amide bonds. The van der Waals surface area contributed by atoms with Crippen LogP contribution in [0.15, 0.2) is 36.4 Å². The van der Waals surface area contributed by atoms with Crippen molar-refractivity contribution in [3.8, 4) is 28.8 Å². The van der Waals surface area contributed by atoms with Gasteiger partial charge in [-0.3, -0.25) is 4.79 Å². The Kier molecular flexibility index (Phi) is 5.52. The summed E-state index contributed by atoms with van der Waals surface area (Å²) in [5, 5.41) is 9.76. The molecule has 0 unspecified atom stereocenters. The van der Waals surface area contributed by atoms with Crippen LogP contribution in [-0.2, 0) is 6.61 Å². The van der Waals surface area contributed by atoms with Gasteiger partial charge in [-0.05, 0) is 36.4 Å². The van der Waals surface area contributed by atoms with Gasteiger partial charge in [-0.15, -0.1) is 11.3 Å². The molecule has 2 N–H and O–H groups in total. The fourth-order valence-electron chi connectivity index (χ4n) is 2.46. The maximum atomic E-state index is 14.2. The summed E-state index contributed by atoms with van der Waals surface area (Å²) >= 11 is 1.09. The first-order valence-corrected chi connectivity index (χ1v) is 8.71. The minimum atomic E-state index is -1.23. The highest BCUT2D eigenvalue weighted by atomic mass is 32.1. The number of primary amides is 1. The molecule has 142 valence electrons. The normalized spacial score (nSPS) is 10.4. The number of aromatic nitrogens is 1. The number of carbonyl (C=O) groups excluding carboxylic acids is 1. The number of carbonyl (C=O) groups is 1. The van der Waals surface area contributed by atoms with Crippen LogP contribution in [0.4, 0.5) is 8.78 Å². The van der Waals surface area contributed by atoms with E-state index in [1.807, 2.05) is 0 Å². The number of nitrogens with two attached hydrogens (primary N) is 1. The highest BCUT2D eigenvalue weighted by Gasteiger charge is 2.20. The topological polar surface area (TPSA) is 98.2 Å². The van der Waals surface area contributed by atoms with Gasteiger partial charge >= 0.3 is 0 Å². The number of rotatable bonds is 6. The maximum Gasteiger partial charge on any atom is 0.254 e. The van der Waals surface area contributed by atoms with Gasteiger partial charge in [0.1, 0.15) is 39.7 Å². The van der Waals surface area contributed by atoms with Crippen LogP contribution in [0.25, 0.3) is 11.3 Å². The van der Waals surface area contributed by atoms with Crippen LogP contribution >= 0.6 is 11.3 Å². The van der Waals surface area contributed by atoms with Crippen LogP contribution in [0.3, 0.4) is 0 Å². The molecule has 1 heterocycles. The number of methoxy groups -OCH3 is 1. The summed E-state index contributed by atoms with van der Waals surface area (Å²) in [5.74, 6) is -3.16. The second-order valence-corrected chi connectivity index (χ2v) is 6.60. The van der Waals surface area contributed by atoms with E-state index >= 15 is 0 Å². The van der Waals surface area contributed by atoms with Crippen molar-refractivity contribution in [3.63, 3.8) is 0 Å². The van der Waals surface area contributed by atoms with Gasteiger partial charge in [0.15, 0.2) is 11.6 Å². The number of nitriles is 1. The van der Waals surface area contributed by atoms with Gasteiger partial charge in [-0.1, -0.05) is 0 Å². The molecular weight excluding hydrogens is 388 g/mol. The van der Waals surface area contributed by atoms with Gasteiger partial charge < -0.3 is 15.2 Å². The molecule has 0 aliphatic rings. The predicted molar refractivity (Wildman–Crippen MR) is 98.0 cm³/mol. The molecule has 0 spiro atoms. The Bertz CT molecular complexity index is 1080. The van der Waals surface area contributed by atoms with Crippen molar-refractivity contribution in [1.29, 1.82) is 5.26 Å². The smallest absolute Gasteiger partial charge is 0.254 e. The fraction of sp³-hybridized carbons (Fsp3) is 0.105. The van der Waals surface area contributed by atoms with Crippen LogP contribution in [-0.4, -0.2) is 18.0 Å². The zero-order valence-corrected chi connectivity index (χ0v) is 15.3. The third-order valence-corrected chi connectivity index (χ3v) is 4.72. The fourth-order valence-corrected chi connectivity index (χ4v) is 3.25. The van der Waals surface area contributed by atoms with Crippen molar-refractivity contribution in [2.45, 2.75) is 6.61 Å². The van der Waals surface area contributed by atoms with Crippen molar-refractivity contribution in [2.24, 2.45) is 5.73 Å². The molecule has 0 saturated heterocycles. The summed E-state index contributed by atoms with van der Waals surface area (Å²) in [6, 6.07) is 11.0. The first-order valence-electron chi connectivity index (χ1n) is 7.89. The Labute approximate surface area is 162 Å². The van der Waals surface area contributed by atoms with Gasteiger partial charge in [-0.2, -0.15) is 5.26 Å². The number of thiazole rings is 1. The highest BCUT2D eigenvalue weighted by molar-refractivity contribution is 7.12. The minimum absolute atomic E-state index is 0.170. The van der Waals surface area contributed by atoms with Gasteiger partial charge in [0.05, 0.1) is 12.8 Å². The standard InChI is InChI=1S/C19H13F2N3O3S/c1-26-11-4-2-10(3-5-11)18-14(8-22)28-15(24-18)9-27-13-7-6-12(20)16(17(13)21)19(23)25/h2-7H,9H2,1H3,(H2,23,25). The van der Waals surface area contributed by atoms with E-state index in [9.17, 15) is 18.8 Å². The van der Waals surface area contributed by atoms with Crippen molar-refractivity contribution >= 4 is 17.2 Å². The number of hydrogen-bond donors (Lipinski definition) is 1. The number of hydrogen-bond acceptors (Lipinski definition) is 6. The zero-order valence-electron chi connectivity index (χ0n) is 14.5. The summed E-state index contributed by atoms with van der Waals surface area (Å²) in [4.78, 5) is 15.9. The lowest BCUT2D eigenvalue weighted by atomic mass is 10.1. The Hall–Kier alpha value is -3.51. The Morgan fingerprint density at radius 2 is 1.96 bits per heavy atom. The van der Waals surface area contributed by atoms with Crippen molar-refractivity contribution in [2.75, 3.05) is 7.11 Å². The zero-order chi connectivity index (χ0) is 20.3. The molecule has 0 aliphatic heterocycles. The highest BCUT2D eigenvalue weighted by Crippen LogP contribution is 2.30. The third kappa shape index (κ3) is 3.77. The van der Waals surface area contributed by atoms with Gasteiger partial charge in [0, 0.05) is 5.56 Å². The monoisotopic (exact) mass is 401 g/mol. The molecule has 0 atom stereocenters. The van der Waals surface area contributed by atoms with E-state index in [-0.39, 0.29) is 12.4 Å². The molecule has 0 bridgehead atoms. The van der Waals surface area contributed by atoms with Crippen molar-refractivity contribution in [1.82, 2.24) is 4.98 Å². The second kappa shape index (κ2) is 8.02. The maximum absolute atomic E-state index is 14.2. The summed E-state index contributed by atoms with van der Waals surface area (Å²) in [6.45, 7) is -0.170. The molecule has 9 heteroatoms. The van der Waals surface area contributed by atoms with Crippen LogP contribution in [0.5, 0.6) is 11.5 Å². The van der Waals surface area contributed by atoms with E-state index in [1.54, 1.807) is 31.4 Å². The first-order chi connectivity index (χ1) is 13.4. The molecule has 0 aliphatic carbocycles. The van der Waals surface area contributed by atoms with Crippen LogP contribution < -0.4 is 15.2 Å². The summed E-state index contributed by atoms with van der Waals surface area (Å²) in [7, 11) is 1.55. The number of nitrogens with zero attached hydrogens (tertiary/aromatic N) is 2. The van der Waals surface area contributed by atoms with E-state index < -0.39 is 23.1 Å². The Morgan fingerprint density at radius 1 is 1.25 bits per heavy atom. The van der Waals surface area contributed by atoms with Crippen LogP contribution in [0, 0.1) is 23.0 Å². The van der Waals surface area contributed by atoms with Gasteiger partial charge in [-0.25, -0.2) is 13.8 Å². The molecule has 0 radical (unpaired) electrons. The Balaban J connectivity index is 1.85. The third-order valence-electron chi connectivity index (χ3n) is 3.79. The number of benzene rings is 2. The molecule has 28 heavy (non-hydrogen) atoms. The molecule has 2 aromatic carbocycles. The van der Waals surface area contributed by atoms with Gasteiger partial charge in [0.2, 0.25) is 0 Å². The first kappa shape index (κ1) is 19.3. The minimum Gasteiger partial charge on any atom is -0.497 e. The molecule has 0 saturated carbocycles. The largest absolute Gasteiger partial charge is 0.497 e. The summed E-state index contributed by atoms with van der Waals surface area (Å²) in [6.07, 6.45) is 0. The molecule has 6 nitrogen and oxygen atoms in total.